The van der Waals surface area contributed by atoms with E-state index in [1.54, 1.807) is 0 Å². The normalized spacial score (nSPS) is 49.2. The molecule has 5 heteroatoms. The van der Waals surface area contributed by atoms with E-state index in [1.807, 2.05) is 0 Å². The Bertz CT molecular complexity index is 158. The summed E-state index contributed by atoms with van der Waals surface area (Å²) in [7, 11) is 0. The lowest BCUT2D eigenvalue weighted by molar-refractivity contribution is -0.233. The lowest BCUT2D eigenvalue weighted by Crippen LogP contribution is -2.60. The van der Waals surface area contributed by atoms with Crippen molar-refractivity contribution in [2.45, 2.75) is 30.8 Å². The molecule has 0 aromatic heterocycles. The molecule has 1 heterocycles. The van der Waals surface area contributed by atoms with Crippen LogP contribution in [-0.4, -0.2) is 57.6 Å². The van der Waals surface area contributed by atoms with E-state index in [1.165, 1.54) is 6.92 Å². The van der Waals surface area contributed by atoms with Crippen LogP contribution in [0.5, 0.6) is 0 Å². The van der Waals surface area contributed by atoms with Crippen LogP contribution in [0.4, 0.5) is 0 Å². The van der Waals surface area contributed by atoms with E-state index in [0.717, 1.165) is 0 Å². The highest BCUT2D eigenvalue weighted by atomic mass is 16.5. The van der Waals surface area contributed by atoms with Crippen molar-refractivity contribution in [1.29, 1.82) is 0 Å². The highest BCUT2D eigenvalue weighted by molar-refractivity contribution is 4.94. The highest BCUT2D eigenvalue weighted by Crippen LogP contribution is 2.23. The third-order valence-electron chi connectivity index (χ3n) is 2.11. The maximum absolute atomic E-state index is 9.41. The molecule has 0 spiro atoms. The van der Waals surface area contributed by atoms with Crippen molar-refractivity contribution in [2.75, 3.05) is 13.2 Å². The molecule has 4 atom stereocenters. The molecule has 1 rings (SSSR count). The van der Waals surface area contributed by atoms with Crippen LogP contribution in [-0.2, 0) is 4.74 Å². The first kappa shape index (κ1) is 9.88. The Balaban J connectivity index is 2.65. The summed E-state index contributed by atoms with van der Waals surface area (Å²) in [4.78, 5) is 0. The van der Waals surface area contributed by atoms with Gasteiger partial charge in [-0.3, -0.25) is 0 Å². The molecule has 1 fully saturated rings. The summed E-state index contributed by atoms with van der Waals surface area (Å²) in [6.45, 7) is 0.916. The van der Waals surface area contributed by atoms with Crippen LogP contribution in [0.2, 0.25) is 0 Å². The van der Waals surface area contributed by atoms with Gasteiger partial charge in [0.1, 0.15) is 23.9 Å². The molecule has 0 amide bonds. The molecule has 0 radical (unpaired) electrons. The van der Waals surface area contributed by atoms with Crippen molar-refractivity contribution < 1.29 is 25.2 Å². The Morgan fingerprint density at radius 1 is 1.50 bits per heavy atom. The van der Waals surface area contributed by atoms with Gasteiger partial charge >= 0.3 is 0 Å². The number of aliphatic hydroxyl groups excluding tert-OH is 3. The molecule has 0 aromatic rings. The quantitative estimate of drug-likeness (QED) is 0.367. The lowest BCUT2D eigenvalue weighted by Gasteiger charge is -2.40. The van der Waals surface area contributed by atoms with Crippen molar-refractivity contribution in [3.05, 3.63) is 0 Å². The SMILES string of the molecule is CC1(O)COC(CO)C(O)C1O. The van der Waals surface area contributed by atoms with Gasteiger partial charge in [-0.2, -0.15) is 0 Å². The number of hydrogen-bond donors (Lipinski definition) is 4. The molecule has 4 unspecified atom stereocenters. The maximum Gasteiger partial charge on any atom is 0.114 e. The first-order valence-corrected chi connectivity index (χ1v) is 3.80. The summed E-state index contributed by atoms with van der Waals surface area (Å²) < 4.78 is 4.92. The Hall–Kier alpha value is -0.200. The molecule has 4 N–H and O–H groups in total. The minimum absolute atomic E-state index is 0.0869. The topological polar surface area (TPSA) is 90.2 Å². The van der Waals surface area contributed by atoms with Crippen LogP contribution in [0.25, 0.3) is 0 Å². The molecule has 72 valence electrons. The number of hydrogen-bond acceptors (Lipinski definition) is 5. The first-order valence-electron chi connectivity index (χ1n) is 3.80. The van der Waals surface area contributed by atoms with Crippen LogP contribution in [0, 0.1) is 0 Å². The molecule has 12 heavy (non-hydrogen) atoms. The summed E-state index contributed by atoms with van der Waals surface area (Å²) in [6, 6.07) is 0. The van der Waals surface area contributed by atoms with Gasteiger partial charge in [-0.25, -0.2) is 0 Å². The minimum atomic E-state index is -1.44. The number of aliphatic hydroxyl groups is 4. The molecule has 1 aliphatic rings. The fourth-order valence-corrected chi connectivity index (χ4v) is 1.19. The Labute approximate surface area is 70.2 Å². The van der Waals surface area contributed by atoms with Gasteiger partial charge in [0.05, 0.1) is 13.2 Å². The summed E-state index contributed by atoms with van der Waals surface area (Å²) in [5.74, 6) is 0. The molecule has 0 aliphatic carbocycles. The summed E-state index contributed by atoms with van der Waals surface area (Å²) in [5.41, 5.74) is -1.44. The molecule has 1 aliphatic heterocycles. The predicted molar refractivity (Wildman–Crippen MR) is 39.5 cm³/mol. The standard InChI is InChI=1S/C7H14O5/c1-7(11)3-12-4(2-8)5(9)6(7)10/h4-6,8-11H,2-3H2,1H3. The molecule has 0 saturated carbocycles. The second kappa shape index (κ2) is 3.27. The molecular weight excluding hydrogens is 164 g/mol. The summed E-state index contributed by atoms with van der Waals surface area (Å²) >= 11 is 0. The summed E-state index contributed by atoms with van der Waals surface area (Å²) in [6.07, 6.45) is -3.32. The Kier molecular flexibility index (Phi) is 2.70. The second-order valence-corrected chi connectivity index (χ2v) is 3.32. The Morgan fingerprint density at radius 3 is 2.58 bits per heavy atom. The van der Waals surface area contributed by atoms with Crippen LogP contribution < -0.4 is 0 Å². The van der Waals surface area contributed by atoms with Gasteiger partial charge in [-0.1, -0.05) is 0 Å². The van der Waals surface area contributed by atoms with Gasteiger partial charge in [0, 0.05) is 0 Å². The van der Waals surface area contributed by atoms with Crippen LogP contribution >= 0.6 is 0 Å². The van der Waals surface area contributed by atoms with E-state index in [0.29, 0.717) is 0 Å². The van der Waals surface area contributed by atoms with E-state index in [4.69, 9.17) is 9.84 Å². The van der Waals surface area contributed by atoms with Crippen molar-refractivity contribution in [3.8, 4) is 0 Å². The fraction of sp³-hybridized carbons (Fsp3) is 1.00. The predicted octanol–water partition coefficient (Wildman–Crippen LogP) is -2.15. The largest absolute Gasteiger partial charge is 0.394 e. The average Bonchev–Trinajstić information content (AvgIpc) is 2.01. The van der Waals surface area contributed by atoms with E-state index in [9.17, 15) is 15.3 Å². The van der Waals surface area contributed by atoms with Crippen molar-refractivity contribution >= 4 is 0 Å². The average molecular weight is 178 g/mol. The summed E-state index contributed by atoms with van der Waals surface area (Å²) in [5, 5.41) is 36.7. The van der Waals surface area contributed by atoms with Crippen molar-refractivity contribution in [1.82, 2.24) is 0 Å². The molecule has 5 nitrogen and oxygen atoms in total. The molecule has 1 saturated heterocycles. The van der Waals surface area contributed by atoms with E-state index in [-0.39, 0.29) is 13.2 Å². The number of ether oxygens (including phenoxy) is 1. The molecule has 0 aromatic carbocycles. The van der Waals surface area contributed by atoms with Gasteiger partial charge in [0.15, 0.2) is 0 Å². The molecular formula is C7H14O5. The van der Waals surface area contributed by atoms with Crippen LogP contribution in [0.3, 0.4) is 0 Å². The fourth-order valence-electron chi connectivity index (χ4n) is 1.19. The third kappa shape index (κ3) is 1.60. The zero-order valence-corrected chi connectivity index (χ0v) is 6.84. The van der Waals surface area contributed by atoms with Crippen LogP contribution in [0.15, 0.2) is 0 Å². The second-order valence-electron chi connectivity index (χ2n) is 3.32. The third-order valence-corrected chi connectivity index (χ3v) is 2.11. The molecule has 0 bridgehead atoms. The Morgan fingerprint density at radius 2 is 2.08 bits per heavy atom. The van der Waals surface area contributed by atoms with Gasteiger partial charge in [-0.05, 0) is 6.92 Å². The van der Waals surface area contributed by atoms with Crippen molar-refractivity contribution in [2.24, 2.45) is 0 Å². The van der Waals surface area contributed by atoms with Crippen molar-refractivity contribution in [3.63, 3.8) is 0 Å². The van der Waals surface area contributed by atoms with Gasteiger partial charge in [0.2, 0.25) is 0 Å². The smallest absolute Gasteiger partial charge is 0.114 e. The zero-order valence-electron chi connectivity index (χ0n) is 6.84. The first-order chi connectivity index (χ1) is 5.49. The highest BCUT2D eigenvalue weighted by Gasteiger charge is 2.44. The van der Waals surface area contributed by atoms with E-state index >= 15 is 0 Å². The van der Waals surface area contributed by atoms with Crippen LogP contribution in [0.1, 0.15) is 6.92 Å². The monoisotopic (exact) mass is 178 g/mol. The maximum atomic E-state index is 9.41. The van der Waals surface area contributed by atoms with E-state index < -0.39 is 23.9 Å². The minimum Gasteiger partial charge on any atom is -0.394 e. The van der Waals surface area contributed by atoms with E-state index in [2.05, 4.69) is 0 Å². The van der Waals surface area contributed by atoms with Gasteiger partial charge < -0.3 is 25.2 Å². The number of rotatable bonds is 1. The lowest BCUT2D eigenvalue weighted by atomic mass is 9.90. The zero-order chi connectivity index (χ0) is 9.35. The van der Waals surface area contributed by atoms with Gasteiger partial charge in [-0.15, -0.1) is 0 Å². The van der Waals surface area contributed by atoms with Gasteiger partial charge in [0.25, 0.3) is 0 Å².